The molecule has 1 fully saturated rings. The van der Waals surface area contributed by atoms with Gasteiger partial charge in [-0.2, -0.15) is 0 Å². The van der Waals surface area contributed by atoms with Crippen LogP contribution in [-0.4, -0.2) is 64.8 Å². The van der Waals surface area contributed by atoms with Crippen molar-refractivity contribution in [1.82, 2.24) is 9.88 Å². The molecular formula is C29H36FN3O5S2. The first-order chi connectivity index (χ1) is 18.8. The van der Waals surface area contributed by atoms with E-state index in [1.165, 1.54) is 35.6 Å². The molecule has 0 radical (unpaired) electrons. The molecule has 216 valence electrons. The van der Waals surface area contributed by atoms with E-state index in [4.69, 9.17) is 13.7 Å². The van der Waals surface area contributed by atoms with Crippen LogP contribution >= 0.6 is 21.6 Å². The number of amides is 2. The molecule has 1 aliphatic rings. The Balaban J connectivity index is 1.54. The van der Waals surface area contributed by atoms with Gasteiger partial charge in [0.05, 0.1) is 6.61 Å². The van der Waals surface area contributed by atoms with E-state index in [9.17, 15) is 14.0 Å². The van der Waals surface area contributed by atoms with Gasteiger partial charge in [0.2, 0.25) is 0 Å². The lowest BCUT2D eigenvalue weighted by atomic mass is 10.1. The van der Waals surface area contributed by atoms with Gasteiger partial charge in [-0.15, -0.1) is 21.6 Å². The fourth-order valence-corrected chi connectivity index (χ4v) is 4.95. The van der Waals surface area contributed by atoms with E-state index in [1.54, 1.807) is 28.6 Å². The zero-order valence-electron chi connectivity index (χ0n) is 23.7. The number of aromatic nitrogens is 1. The van der Waals surface area contributed by atoms with Crippen LogP contribution in [0, 0.1) is 5.82 Å². The number of hydrogen-bond acceptors (Lipinski definition) is 7. The van der Waals surface area contributed by atoms with Gasteiger partial charge in [0.15, 0.2) is 16.7 Å². The SMILES string of the molecule is CC(COS(C)(C)C(C)(C)C)Oc1cc(Oc2ccc(C(=O)N3CCC3)cc2F)cc(C(=O)Nc2nccs2)c1. The van der Waals surface area contributed by atoms with Gasteiger partial charge in [0.25, 0.3) is 11.8 Å². The minimum atomic E-state index is -1.35. The second-order valence-electron chi connectivity index (χ2n) is 10.9. The van der Waals surface area contributed by atoms with Crippen LogP contribution in [0.15, 0.2) is 48.0 Å². The highest BCUT2D eigenvalue weighted by Crippen LogP contribution is 2.53. The Morgan fingerprint density at radius 1 is 1.12 bits per heavy atom. The average Bonchev–Trinajstić information content (AvgIpc) is 3.35. The van der Waals surface area contributed by atoms with Gasteiger partial charge in [0.1, 0.15) is 17.6 Å². The topological polar surface area (TPSA) is 90.0 Å². The molecule has 0 spiro atoms. The molecule has 11 heteroatoms. The number of nitrogens with one attached hydrogen (secondary N) is 1. The molecule has 8 nitrogen and oxygen atoms in total. The van der Waals surface area contributed by atoms with Crippen LogP contribution in [0.3, 0.4) is 0 Å². The van der Waals surface area contributed by atoms with E-state index >= 15 is 0 Å². The maximum absolute atomic E-state index is 15.0. The Hall–Kier alpha value is -3.15. The maximum Gasteiger partial charge on any atom is 0.257 e. The zero-order valence-corrected chi connectivity index (χ0v) is 25.3. The Bertz CT molecular complexity index is 1350. The predicted octanol–water partition coefficient (Wildman–Crippen LogP) is 6.73. The highest BCUT2D eigenvalue weighted by atomic mass is 32.3. The van der Waals surface area contributed by atoms with E-state index in [0.717, 1.165) is 6.42 Å². The van der Waals surface area contributed by atoms with Crippen molar-refractivity contribution in [3.05, 3.63) is 64.9 Å². The molecule has 1 unspecified atom stereocenters. The van der Waals surface area contributed by atoms with Gasteiger partial charge in [-0.3, -0.25) is 14.9 Å². The summed E-state index contributed by atoms with van der Waals surface area (Å²) >= 11 is 1.29. The van der Waals surface area contributed by atoms with E-state index in [1.807, 2.05) is 6.92 Å². The number of benzene rings is 2. The van der Waals surface area contributed by atoms with Crippen molar-refractivity contribution in [3.63, 3.8) is 0 Å². The Morgan fingerprint density at radius 2 is 1.85 bits per heavy atom. The van der Waals surface area contributed by atoms with Gasteiger partial charge < -0.3 is 18.6 Å². The lowest BCUT2D eigenvalue weighted by Crippen LogP contribution is -2.42. The summed E-state index contributed by atoms with van der Waals surface area (Å²) in [5, 5.41) is 4.95. The third-order valence-corrected chi connectivity index (χ3v) is 11.1. The van der Waals surface area contributed by atoms with E-state index in [0.29, 0.717) is 30.6 Å². The number of nitrogens with zero attached hydrogens (tertiary/aromatic N) is 2. The molecular weight excluding hydrogens is 553 g/mol. The highest BCUT2D eigenvalue weighted by molar-refractivity contribution is 8.29. The normalized spacial score (nSPS) is 14.7. The maximum atomic E-state index is 15.0. The molecule has 0 bridgehead atoms. The number of likely N-dealkylation sites (tertiary alicyclic amines) is 1. The van der Waals surface area contributed by atoms with Crippen LogP contribution in [0.2, 0.25) is 0 Å². The van der Waals surface area contributed by atoms with Crippen molar-refractivity contribution in [2.45, 2.75) is 45.0 Å². The van der Waals surface area contributed by atoms with Crippen LogP contribution in [-0.2, 0) is 4.18 Å². The number of rotatable bonds is 10. The highest BCUT2D eigenvalue weighted by Gasteiger charge is 2.29. The third kappa shape index (κ3) is 7.32. The first-order valence-electron chi connectivity index (χ1n) is 13.0. The molecule has 1 saturated heterocycles. The first kappa shape index (κ1) is 29.8. The smallest absolute Gasteiger partial charge is 0.257 e. The van der Waals surface area contributed by atoms with Crippen LogP contribution in [0.25, 0.3) is 0 Å². The summed E-state index contributed by atoms with van der Waals surface area (Å²) in [5.74, 6) is -0.803. The summed E-state index contributed by atoms with van der Waals surface area (Å²) in [5.41, 5.74) is 0.515. The Morgan fingerprint density at radius 3 is 2.45 bits per heavy atom. The number of anilines is 1. The van der Waals surface area contributed by atoms with Gasteiger partial charge in [0, 0.05) is 46.6 Å². The van der Waals surface area contributed by atoms with Gasteiger partial charge in [-0.05, 0) is 56.2 Å². The van der Waals surface area contributed by atoms with Crippen molar-refractivity contribution in [2.75, 3.05) is 37.5 Å². The monoisotopic (exact) mass is 589 g/mol. The van der Waals surface area contributed by atoms with Crippen molar-refractivity contribution in [2.24, 2.45) is 0 Å². The number of halogens is 1. The molecule has 1 atom stereocenters. The predicted molar refractivity (Wildman–Crippen MR) is 159 cm³/mol. The van der Waals surface area contributed by atoms with Crippen LogP contribution in [0.4, 0.5) is 9.52 Å². The number of carbonyl (C=O) groups is 2. The fraction of sp³-hybridized carbons (Fsp3) is 0.414. The Labute approximate surface area is 240 Å². The minimum Gasteiger partial charge on any atom is -0.488 e. The summed E-state index contributed by atoms with van der Waals surface area (Å²) in [6.07, 6.45) is 6.45. The third-order valence-electron chi connectivity index (χ3n) is 6.75. The van der Waals surface area contributed by atoms with Crippen LogP contribution in [0.5, 0.6) is 17.2 Å². The van der Waals surface area contributed by atoms with Crippen molar-refractivity contribution in [1.29, 1.82) is 0 Å². The summed E-state index contributed by atoms with van der Waals surface area (Å²) < 4.78 is 33.2. The zero-order chi connectivity index (χ0) is 29.1. The first-order valence-corrected chi connectivity index (χ1v) is 16.2. The minimum absolute atomic E-state index is 0.00104. The molecule has 40 heavy (non-hydrogen) atoms. The summed E-state index contributed by atoms with van der Waals surface area (Å²) in [6.45, 7) is 10.0. The van der Waals surface area contributed by atoms with Gasteiger partial charge >= 0.3 is 0 Å². The molecule has 0 saturated carbocycles. The lowest BCUT2D eigenvalue weighted by molar-refractivity contribution is 0.0651. The molecule has 2 aromatic carbocycles. The second-order valence-corrected chi connectivity index (χ2v) is 15.8. The van der Waals surface area contributed by atoms with E-state index in [2.05, 4.69) is 43.6 Å². The van der Waals surface area contributed by atoms with E-state index < -0.39 is 22.0 Å². The molecule has 1 aromatic heterocycles. The van der Waals surface area contributed by atoms with Gasteiger partial charge in [-0.1, -0.05) is 20.8 Å². The largest absolute Gasteiger partial charge is 0.488 e. The lowest BCUT2D eigenvalue weighted by Gasteiger charge is -2.44. The number of hydrogen-bond donors (Lipinski definition) is 1. The molecule has 1 N–H and O–H groups in total. The molecule has 3 aromatic rings. The number of ether oxygens (including phenoxy) is 2. The second kappa shape index (κ2) is 12.2. The Kier molecular flexibility index (Phi) is 9.06. The quantitative estimate of drug-likeness (QED) is 0.282. The number of thiazole rings is 1. The molecule has 0 aliphatic carbocycles. The van der Waals surface area contributed by atoms with Gasteiger partial charge in [-0.25, -0.2) is 9.37 Å². The van der Waals surface area contributed by atoms with Crippen molar-refractivity contribution in [3.8, 4) is 17.2 Å². The van der Waals surface area contributed by atoms with E-state index in [-0.39, 0.29) is 39.4 Å². The molecule has 2 heterocycles. The molecule has 4 rings (SSSR count). The fourth-order valence-electron chi connectivity index (χ4n) is 3.54. The van der Waals surface area contributed by atoms with Crippen molar-refractivity contribution < 1.29 is 27.6 Å². The van der Waals surface area contributed by atoms with Crippen LogP contribution in [0.1, 0.15) is 54.8 Å². The summed E-state index contributed by atoms with van der Waals surface area (Å²) in [7, 11) is -1.35. The summed E-state index contributed by atoms with van der Waals surface area (Å²) in [4.78, 5) is 31.2. The average molecular weight is 590 g/mol. The van der Waals surface area contributed by atoms with Crippen molar-refractivity contribution >= 4 is 38.6 Å². The molecule has 1 aliphatic heterocycles. The standard InChI is InChI=1S/C29H36FN3O5S2/c1-19(18-36-40(5,6)29(2,3)4)37-22-14-21(26(34)32-28-31-10-13-39-28)15-23(17-22)38-25-9-8-20(16-24(25)30)27(35)33-11-7-12-33/h8-10,13-17,19H,7,11-12,18H2,1-6H3,(H,31,32,34). The molecule has 2 amide bonds. The summed E-state index contributed by atoms with van der Waals surface area (Å²) in [6, 6.07) is 8.82. The van der Waals surface area contributed by atoms with Crippen LogP contribution < -0.4 is 14.8 Å². The number of carbonyl (C=O) groups excluding carboxylic acids is 2.